The number of rotatable bonds is 3. The Morgan fingerprint density at radius 3 is 2.50 bits per heavy atom. The van der Waals surface area contributed by atoms with Gasteiger partial charge in [-0.05, 0) is 43.7 Å². The van der Waals surface area contributed by atoms with Gasteiger partial charge in [0, 0.05) is 11.8 Å². The lowest BCUT2D eigenvalue weighted by atomic mass is 9.83. The first-order valence-electron chi connectivity index (χ1n) is 6.94. The second-order valence-corrected chi connectivity index (χ2v) is 5.65. The molecule has 0 aliphatic carbocycles. The number of hydrogen-bond acceptors (Lipinski definition) is 3. The van der Waals surface area contributed by atoms with Gasteiger partial charge >= 0.3 is 0 Å². The van der Waals surface area contributed by atoms with Gasteiger partial charge < -0.3 is 14.8 Å². The van der Waals surface area contributed by atoms with E-state index in [0.29, 0.717) is 17.2 Å². The Morgan fingerprint density at radius 1 is 1.09 bits per heavy atom. The normalized spacial score (nSPS) is 13.0. The fourth-order valence-corrected chi connectivity index (χ4v) is 2.26. The van der Waals surface area contributed by atoms with Crippen molar-refractivity contribution < 1.29 is 18.7 Å². The van der Waals surface area contributed by atoms with Gasteiger partial charge in [-0.2, -0.15) is 0 Å². The Hall–Kier alpha value is -2.56. The molecule has 1 aliphatic rings. The van der Waals surface area contributed by atoms with Gasteiger partial charge in [-0.25, -0.2) is 4.39 Å². The van der Waals surface area contributed by atoms with Gasteiger partial charge in [0.05, 0.1) is 5.41 Å². The van der Waals surface area contributed by atoms with E-state index in [0.717, 1.165) is 5.56 Å². The van der Waals surface area contributed by atoms with Crippen LogP contribution in [0.25, 0.3) is 0 Å². The highest BCUT2D eigenvalue weighted by molar-refractivity contribution is 5.98. The smallest absolute Gasteiger partial charge is 0.234 e. The zero-order valence-corrected chi connectivity index (χ0v) is 12.4. The van der Waals surface area contributed by atoms with E-state index in [9.17, 15) is 9.18 Å². The minimum absolute atomic E-state index is 0.182. The van der Waals surface area contributed by atoms with Crippen LogP contribution >= 0.6 is 0 Å². The molecule has 2 aromatic carbocycles. The van der Waals surface area contributed by atoms with Crippen LogP contribution in [0.1, 0.15) is 19.4 Å². The van der Waals surface area contributed by atoms with Crippen molar-refractivity contribution in [1.29, 1.82) is 0 Å². The number of carbonyl (C=O) groups excluding carboxylic acids is 1. The van der Waals surface area contributed by atoms with E-state index in [1.54, 1.807) is 44.2 Å². The van der Waals surface area contributed by atoms with Crippen molar-refractivity contribution in [3.63, 3.8) is 0 Å². The molecule has 5 heteroatoms. The van der Waals surface area contributed by atoms with Crippen molar-refractivity contribution >= 4 is 11.6 Å². The summed E-state index contributed by atoms with van der Waals surface area (Å²) in [5.41, 5.74) is 0.584. The maximum Gasteiger partial charge on any atom is 0.234 e. The molecule has 114 valence electrons. The third kappa shape index (κ3) is 2.62. The minimum atomic E-state index is -0.788. The topological polar surface area (TPSA) is 47.6 Å². The molecule has 0 bridgehead atoms. The number of ether oxygens (including phenoxy) is 2. The molecule has 3 rings (SSSR count). The maximum absolute atomic E-state index is 13.0. The average Bonchev–Trinajstić information content (AvgIpc) is 2.95. The molecule has 1 amide bonds. The van der Waals surface area contributed by atoms with Gasteiger partial charge in [-0.15, -0.1) is 0 Å². The SMILES string of the molecule is CC(C)(C(=O)Nc1ccc2c(c1)OCO2)c1ccc(F)cc1. The monoisotopic (exact) mass is 301 g/mol. The summed E-state index contributed by atoms with van der Waals surface area (Å²) in [4.78, 5) is 12.5. The largest absolute Gasteiger partial charge is 0.454 e. The number of amides is 1. The predicted octanol–water partition coefficient (Wildman–Crippen LogP) is 3.47. The van der Waals surface area contributed by atoms with Crippen LogP contribution in [0.15, 0.2) is 42.5 Å². The first-order valence-corrected chi connectivity index (χ1v) is 6.94. The maximum atomic E-state index is 13.0. The van der Waals surface area contributed by atoms with Crippen molar-refractivity contribution in [3.05, 3.63) is 53.8 Å². The Kier molecular flexibility index (Phi) is 3.48. The van der Waals surface area contributed by atoms with Gasteiger partial charge in [-0.1, -0.05) is 12.1 Å². The summed E-state index contributed by atoms with van der Waals surface area (Å²) in [7, 11) is 0. The molecule has 1 aliphatic heterocycles. The lowest BCUT2D eigenvalue weighted by Crippen LogP contribution is -2.34. The van der Waals surface area contributed by atoms with Crippen LogP contribution in [-0.4, -0.2) is 12.7 Å². The summed E-state index contributed by atoms with van der Waals surface area (Å²) in [6, 6.07) is 11.2. The van der Waals surface area contributed by atoms with Crippen molar-refractivity contribution in [3.8, 4) is 11.5 Å². The summed E-state index contributed by atoms with van der Waals surface area (Å²) >= 11 is 0. The first kappa shape index (κ1) is 14.4. The Balaban J connectivity index is 1.79. The molecule has 0 unspecified atom stereocenters. The molecule has 1 heterocycles. The average molecular weight is 301 g/mol. The molecule has 0 saturated carbocycles. The molecule has 22 heavy (non-hydrogen) atoms. The molecule has 4 nitrogen and oxygen atoms in total. The molecule has 0 radical (unpaired) electrons. The van der Waals surface area contributed by atoms with E-state index in [4.69, 9.17) is 9.47 Å². The van der Waals surface area contributed by atoms with Gasteiger partial charge in [0.25, 0.3) is 0 Å². The molecule has 1 N–H and O–H groups in total. The molecular weight excluding hydrogens is 285 g/mol. The first-order chi connectivity index (χ1) is 10.5. The van der Waals surface area contributed by atoms with Gasteiger partial charge in [0.15, 0.2) is 11.5 Å². The third-order valence-corrected chi connectivity index (χ3v) is 3.76. The van der Waals surface area contributed by atoms with Crippen LogP contribution in [0.4, 0.5) is 10.1 Å². The van der Waals surface area contributed by atoms with Crippen LogP contribution in [-0.2, 0) is 10.2 Å². The van der Waals surface area contributed by atoms with E-state index in [1.165, 1.54) is 12.1 Å². The summed E-state index contributed by atoms with van der Waals surface area (Å²) in [6.07, 6.45) is 0. The van der Waals surface area contributed by atoms with Crippen molar-refractivity contribution in [1.82, 2.24) is 0 Å². The summed E-state index contributed by atoms with van der Waals surface area (Å²) in [5, 5.41) is 2.86. The second-order valence-electron chi connectivity index (χ2n) is 5.65. The standard InChI is InChI=1S/C17H16FNO3/c1-17(2,11-3-5-12(18)6-4-11)16(20)19-13-7-8-14-15(9-13)22-10-21-14/h3-9H,10H2,1-2H3,(H,19,20). The van der Waals surface area contributed by atoms with Crippen LogP contribution in [0.2, 0.25) is 0 Å². The third-order valence-electron chi connectivity index (χ3n) is 3.76. The van der Waals surface area contributed by atoms with E-state index in [1.807, 2.05) is 0 Å². The lowest BCUT2D eigenvalue weighted by Gasteiger charge is -2.24. The van der Waals surface area contributed by atoms with Gasteiger partial charge in [0.1, 0.15) is 5.82 Å². The number of benzene rings is 2. The molecule has 0 fully saturated rings. The number of hydrogen-bond donors (Lipinski definition) is 1. The van der Waals surface area contributed by atoms with E-state index < -0.39 is 5.41 Å². The molecular formula is C17H16FNO3. The zero-order chi connectivity index (χ0) is 15.7. The molecule has 0 atom stereocenters. The lowest BCUT2D eigenvalue weighted by molar-refractivity contribution is -0.120. The van der Waals surface area contributed by atoms with Crippen molar-refractivity contribution in [2.24, 2.45) is 0 Å². The molecule has 0 aromatic heterocycles. The van der Waals surface area contributed by atoms with Gasteiger partial charge in [-0.3, -0.25) is 4.79 Å². The number of anilines is 1. The summed E-state index contributed by atoms with van der Waals surface area (Å²) in [5.74, 6) is 0.766. The molecule has 0 saturated heterocycles. The highest BCUT2D eigenvalue weighted by Crippen LogP contribution is 2.35. The van der Waals surface area contributed by atoms with Crippen LogP contribution in [0, 0.1) is 5.82 Å². The van der Waals surface area contributed by atoms with E-state index >= 15 is 0 Å². The van der Waals surface area contributed by atoms with E-state index in [-0.39, 0.29) is 18.5 Å². The summed E-state index contributed by atoms with van der Waals surface area (Å²) in [6.45, 7) is 3.78. The Labute approximate surface area is 127 Å². The number of nitrogens with one attached hydrogen (secondary N) is 1. The quantitative estimate of drug-likeness (QED) is 0.944. The second kappa shape index (κ2) is 5.33. The fraction of sp³-hybridized carbons (Fsp3) is 0.235. The molecule has 0 spiro atoms. The van der Waals surface area contributed by atoms with Crippen molar-refractivity contribution in [2.75, 3.05) is 12.1 Å². The number of fused-ring (bicyclic) bond motifs is 1. The Morgan fingerprint density at radius 2 is 1.77 bits per heavy atom. The Bertz CT molecular complexity index is 710. The number of carbonyl (C=O) groups is 1. The summed E-state index contributed by atoms with van der Waals surface area (Å²) < 4.78 is 23.5. The highest BCUT2D eigenvalue weighted by Gasteiger charge is 2.30. The minimum Gasteiger partial charge on any atom is -0.454 e. The van der Waals surface area contributed by atoms with Crippen LogP contribution in [0.3, 0.4) is 0 Å². The van der Waals surface area contributed by atoms with Crippen LogP contribution in [0.5, 0.6) is 11.5 Å². The van der Waals surface area contributed by atoms with Crippen molar-refractivity contribution in [2.45, 2.75) is 19.3 Å². The van der Waals surface area contributed by atoms with Gasteiger partial charge in [0.2, 0.25) is 12.7 Å². The predicted molar refractivity (Wildman–Crippen MR) is 80.6 cm³/mol. The van der Waals surface area contributed by atoms with E-state index in [2.05, 4.69) is 5.32 Å². The zero-order valence-electron chi connectivity index (χ0n) is 12.4. The van der Waals surface area contributed by atoms with Crippen LogP contribution < -0.4 is 14.8 Å². The number of halogens is 1. The highest BCUT2D eigenvalue weighted by atomic mass is 19.1. The fourth-order valence-electron chi connectivity index (χ4n) is 2.26. The molecule has 2 aromatic rings.